The summed E-state index contributed by atoms with van der Waals surface area (Å²) in [5.41, 5.74) is 1.80. The molecule has 3 rings (SSSR count). The largest absolute Gasteiger partial charge is 0.492 e. The predicted octanol–water partition coefficient (Wildman–Crippen LogP) is 1.05. The summed E-state index contributed by atoms with van der Waals surface area (Å²) in [5.74, 6) is 0.707. The Kier molecular flexibility index (Phi) is 5.68. The molecule has 2 amide bonds. The van der Waals surface area contributed by atoms with Gasteiger partial charge in [-0.15, -0.1) is 12.4 Å². The van der Waals surface area contributed by atoms with E-state index < -0.39 is 6.09 Å². The molecule has 0 radical (unpaired) electrons. The molecule has 1 atom stereocenters. The highest BCUT2D eigenvalue weighted by molar-refractivity contribution is 5.90. The third kappa shape index (κ3) is 4.05. The van der Waals surface area contributed by atoms with Crippen molar-refractivity contribution in [1.82, 2.24) is 10.6 Å². The number of amides is 2. The number of hydrogen-bond acceptors (Lipinski definition) is 5. The molecule has 0 spiro atoms. The summed E-state index contributed by atoms with van der Waals surface area (Å²) in [6, 6.07) is 5.67. The van der Waals surface area contributed by atoms with Gasteiger partial charge >= 0.3 is 6.09 Å². The third-order valence-corrected chi connectivity index (χ3v) is 3.66. The van der Waals surface area contributed by atoms with Crippen molar-refractivity contribution in [3.05, 3.63) is 23.8 Å². The van der Waals surface area contributed by atoms with Crippen LogP contribution in [0.5, 0.6) is 5.75 Å². The highest BCUT2D eigenvalue weighted by atomic mass is 35.5. The zero-order chi connectivity index (χ0) is 15.5. The van der Waals surface area contributed by atoms with Crippen molar-refractivity contribution < 1.29 is 19.1 Å². The Morgan fingerprint density at radius 2 is 2.30 bits per heavy atom. The van der Waals surface area contributed by atoms with Crippen LogP contribution in [-0.2, 0) is 16.1 Å². The van der Waals surface area contributed by atoms with Gasteiger partial charge in [-0.2, -0.15) is 0 Å². The van der Waals surface area contributed by atoms with Crippen molar-refractivity contribution >= 4 is 30.1 Å². The van der Waals surface area contributed by atoms with E-state index >= 15 is 0 Å². The molecule has 0 bridgehead atoms. The van der Waals surface area contributed by atoms with Gasteiger partial charge in [0.1, 0.15) is 18.5 Å². The van der Waals surface area contributed by atoms with Crippen LogP contribution in [0, 0.1) is 0 Å². The molecule has 0 aromatic heterocycles. The van der Waals surface area contributed by atoms with Gasteiger partial charge < -0.3 is 20.1 Å². The summed E-state index contributed by atoms with van der Waals surface area (Å²) in [6.45, 7) is 4.33. The maximum Gasteiger partial charge on any atom is 0.414 e. The zero-order valence-electron chi connectivity index (χ0n) is 12.8. The first-order chi connectivity index (χ1) is 10.6. The van der Waals surface area contributed by atoms with Gasteiger partial charge in [0.15, 0.2) is 0 Å². The van der Waals surface area contributed by atoms with Crippen molar-refractivity contribution in [2.45, 2.75) is 19.6 Å². The molecule has 2 N–H and O–H groups in total. The lowest BCUT2D eigenvalue weighted by Crippen LogP contribution is -2.33. The fraction of sp³-hybridized carbons (Fsp3) is 0.467. The van der Waals surface area contributed by atoms with Crippen molar-refractivity contribution in [2.75, 3.05) is 31.1 Å². The van der Waals surface area contributed by atoms with Crippen LogP contribution in [0.3, 0.4) is 0 Å². The van der Waals surface area contributed by atoms with Crippen LogP contribution in [0.1, 0.15) is 12.5 Å². The fourth-order valence-corrected chi connectivity index (χ4v) is 2.57. The summed E-state index contributed by atoms with van der Waals surface area (Å²) in [6.07, 6.45) is -0.720. The highest BCUT2D eigenvalue weighted by Gasteiger charge is 2.32. The van der Waals surface area contributed by atoms with Crippen LogP contribution < -0.4 is 20.3 Å². The molecule has 23 heavy (non-hydrogen) atoms. The molecular weight excluding hydrogens is 322 g/mol. The lowest BCUT2D eigenvalue weighted by Gasteiger charge is -2.15. The van der Waals surface area contributed by atoms with Crippen LogP contribution in [0.2, 0.25) is 0 Å². The minimum absolute atomic E-state index is 0. The summed E-state index contributed by atoms with van der Waals surface area (Å²) in [5, 5.41) is 5.93. The van der Waals surface area contributed by atoms with Crippen molar-refractivity contribution in [2.24, 2.45) is 0 Å². The van der Waals surface area contributed by atoms with E-state index in [1.807, 2.05) is 18.2 Å². The maximum atomic E-state index is 12.0. The quantitative estimate of drug-likeness (QED) is 0.859. The second-order valence-electron chi connectivity index (χ2n) is 5.37. The molecule has 2 aliphatic heterocycles. The van der Waals surface area contributed by atoms with Gasteiger partial charge in [0.25, 0.3) is 0 Å². The first-order valence-corrected chi connectivity index (χ1v) is 7.32. The molecule has 126 valence electrons. The Bertz CT molecular complexity index is 596. The maximum absolute atomic E-state index is 12.0. The van der Waals surface area contributed by atoms with Crippen molar-refractivity contribution in [3.63, 3.8) is 0 Å². The van der Waals surface area contributed by atoms with Gasteiger partial charge in [0, 0.05) is 31.3 Å². The second-order valence-corrected chi connectivity index (χ2v) is 5.37. The number of benzene rings is 1. The molecule has 1 fully saturated rings. The van der Waals surface area contributed by atoms with E-state index in [9.17, 15) is 9.59 Å². The molecule has 1 aromatic rings. The molecule has 2 heterocycles. The number of nitrogens with one attached hydrogen (secondary N) is 2. The average molecular weight is 342 g/mol. The molecular formula is C15H20ClN3O4. The number of hydrogen-bond donors (Lipinski definition) is 2. The molecule has 0 aliphatic carbocycles. The van der Waals surface area contributed by atoms with Crippen LogP contribution in [-0.4, -0.2) is 44.3 Å². The number of halogens is 1. The Labute approximate surface area is 140 Å². The lowest BCUT2D eigenvalue weighted by atomic mass is 10.1. The van der Waals surface area contributed by atoms with Crippen LogP contribution in [0.4, 0.5) is 10.5 Å². The number of fused-ring (bicyclic) bond motifs is 1. The summed E-state index contributed by atoms with van der Waals surface area (Å²) < 4.78 is 10.9. The first-order valence-electron chi connectivity index (χ1n) is 7.32. The summed E-state index contributed by atoms with van der Waals surface area (Å²) >= 11 is 0. The SMILES string of the molecule is CC(=O)NCC1CN(c2ccc3c(c2)CNCCO3)C(=O)O1.Cl. The lowest BCUT2D eigenvalue weighted by molar-refractivity contribution is -0.119. The summed E-state index contributed by atoms with van der Waals surface area (Å²) in [7, 11) is 0. The van der Waals surface area contributed by atoms with Gasteiger partial charge in [-0.05, 0) is 18.2 Å². The number of rotatable bonds is 3. The van der Waals surface area contributed by atoms with Gasteiger partial charge in [0.05, 0.1) is 13.1 Å². The Balaban J connectivity index is 0.00000192. The van der Waals surface area contributed by atoms with Crippen LogP contribution >= 0.6 is 12.4 Å². The van der Waals surface area contributed by atoms with E-state index in [4.69, 9.17) is 9.47 Å². The Hall–Kier alpha value is -1.99. The van der Waals surface area contributed by atoms with E-state index in [1.165, 1.54) is 6.92 Å². The van der Waals surface area contributed by atoms with Crippen LogP contribution in [0.15, 0.2) is 18.2 Å². The van der Waals surface area contributed by atoms with Gasteiger partial charge in [-0.1, -0.05) is 0 Å². The normalized spacial score (nSPS) is 19.8. The van der Waals surface area contributed by atoms with Gasteiger partial charge in [-0.3, -0.25) is 9.69 Å². The Morgan fingerprint density at radius 1 is 1.48 bits per heavy atom. The predicted molar refractivity (Wildman–Crippen MR) is 87.2 cm³/mol. The second kappa shape index (κ2) is 7.52. The monoisotopic (exact) mass is 341 g/mol. The highest BCUT2D eigenvalue weighted by Crippen LogP contribution is 2.28. The molecule has 0 saturated carbocycles. The average Bonchev–Trinajstić information content (AvgIpc) is 2.71. The van der Waals surface area contributed by atoms with Gasteiger partial charge in [-0.25, -0.2) is 4.79 Å². The number of nitrogens with zero attached hydrogens (tertiary/aromatic N) is 1. The van der Waals surface area contributed by atoms with Gasteiger partial charge in [0.2, 0.25) is 5.91 Å². The topological polar surface area (TPSA) is 79.9 Å². The number of carbonyl (C=O) groups is 2. The number of anilines is 1. The molecule has 1 saturated heterocycles. The minimum Gasteiger partial charge on any atom is -0.492 e. The molecule has 2 aliphatic rings. The molecule has 1 unspecified atom stereocenters. The third-order valence-electron chi connectivity index (χ3n) is 3.66. The standard InChI is InChI=1S/C15H19N3O4.ClH/c1-10(19)17-8-13-9-18(15(20)22-13)12-2-3-14-11(6-12)7-16-4-5-21-14;/h2-3,6,13,16H,4-5,7-9H2,1H3,(H,17,19);1H. The number of carbonyl (C=O) groups excluding carboxylic acids is 2. The van der Waals surface area contributed by atoms with E-state index in [-0.39, 0.29) is 24.4 Å². The minimum atomic E-state index is -0.391. The fourth-order valence-electron chi connectivity index (χ4n) is 2.57. The van der Waals surface area contributed by atoms with E-state index in [0.29, 0.717) is 26.2 Å². The number of ether oxygens (including phenoxy) is 2. The van der Waals surface area contributed by atoms with Crippen molar-refractivity contribution in [1.29, 1.82) is 0 Å². The summed E-state index contributed by atoms with van der Waals surface area (Å²) in [4.78, 5) is 24.5. The zero-order valence-corrected chi connectivity index (χ0v) is 13.6. The van der Waals surface area contributed by atoms with Crippen molar-refractivity contribution in [3.8, 4) is 5.75 Å². The first kappa shape index (κ1) is 17.4. The van der Waals surface area contributed by atoms with Crippen LogP contribution in [0.25, 0.3) is 0 Å². The smallest absolute Gasteiger partial charge is 0.414 e. The molecule has 1 aromatic carbocycles. The number of cyclic esters (lactones) is 1. The molecule has 8 heteroatoms. The molecule has 7 nitrogen and oxygen atoms in total. The van der Waals surface area contributed by atoms with E-state index in [2.05, 4.69) is 10.6 Å². The Morgan fingerprint density at radius 3 is 3.09 bits per heavy atom. The van der Waals surface area contributed by atoms with E-state index in [1.54, 1.807) is 4.90 Å². The van der Waals surface area contributed by atoms with E-state index in [0.717, 1.165) is 23.5 Å².